The molecule has 15 heteroatoms. The minimum absolute atomic E-state index is 0. The number of rotatable bonds is 2. The average Bonchev–Trinajstić information content (AvgIpc) is 3.00. The van der Waals surface area contributed by atoms with Crippen molar-refractivity contribution in [1.29, 1.82) is 0 Å². The van der Waals surface area contributed by atoms with Gasteiger partial charge < -0.3 is 10.2 Å². The van der Waals surface area contributed by atoms with Crippen LogP contribution in [-0.2, 0) is 19.9 Å². The van der Waals surface area contributed by atoms with Crippen molar-refractivity contribution in [1.82, 2.24) is 0 Å². The molecule has 1 heterocycles. The summed E-state index contributed by atoms with van der Waals surface area (Å²) in [5.74, 6) is -0.111. The van der Waals surface area contributed by atoms with E-state index >= 15 is 0 Å². The zero-order chi connectivity index (χ0) is 24.6. The van der Waals surface area contributed by atoms with Gasteiger partial charge >= 0.3 is 0 Å². The summed E-state index contributed by atoms with van der Waals surface area (Å²) in [4.78, 5) is -0.0647. The van der Waals surface area contributed by atoms with Crippen LogP contribution in [0.4, 0.5) is 0 Å². The predicted molar refractivity (Wildman–Crippen MR) is 158 cm³/mol. The summed E-state index contributed by atoms with van der Waals surface area (Å²) in [5, 5.41) is 20.6. The van der Waals surface area contributed by atoms with E-state index in [1.54, 1.807) is 24.3 Å². The van der Waals surface area contributed by atoms with Crippen LogP contribution in [0.3, 0.4) is 0 Å². The number of hydrogen-bond donors (Lipinski definition) is 2. The molecule has 34 heavy (non-hydrogen) atoms. The zero-order valence-corrected chi connectivity index (χ0v) is 31.9. The molecule has 0 saturated heterocycles. The Morgan fingerprint density at radius 2 is 1.00 bits per heavy atom. The Morgan fingerprint density at radius 3 is 1.38 bits per heavy atom. The van der Waals surface area contributed by atoms with Gasteiger partial charge in [-0.15, -0.1) is 0 Å². The molecule has 0 unspecified atom stereocenters. The number of phenolic OH excluding ortho intramolecular Hbond substituents is 2. The van der Waals surface area contributed by atoms with E-state index in [4.69, 9.17) is 4.18 Å². The Hall–Kier alpha value is 2.01. The van der Waals surface area contributed by atoms with Crippen LogP contribution in [0.5, 0.6) is 11.5 Å². The minimum atomic E-state index is -4.29. The van der Waals surface area contributed by atoms with Gasteiger partial charge in [-0.1, -0.05) is 0 Å². The maximum Gasteiger partial charge on any atom is 0.300 e. The molecule has 1 radical (unpaired) electrons. The first kappa shape index (κ1) is 30.6. The van der Waals surface area contributed by atoms with Gasteiger partial charge in [0, 0.05) is 48.5 Å². The van der Waals surface area contributed by atoms with Gasteiger partial charge in [0.05, 0.1) is 22.4 Å². The van der Waals surface area contributed by atoms with E-state index in [9.17, 15) is 18.6 Å². The molecule has 1 aliphatic heterocycles. The molecule has 4 rings (SSSR count). The van der Waals surface area contributed by atoms with Crippen LogP contribution in [0.25, 0.3) is 0 Å². The number of fused-ring (bicyclic) bond motifs is 1. The largest absolute Gasteiger partial charge is 0.506 e. The standard InChI is InChI=1S/C19H6Br8O5S.Na/c20-7-1-5(2-8(21)16(7)28)19(6-3-9(22)17(29)10(23)4-6)11-12(24)13(25)14(26)15(27)18(11)33(30,31)32-19;/h1-4,28-29H;. The summed E-state index contributed by atoms with van der Waals surface area (Å²) in [5.41, 5.74) is -0.602. The van der Waals surface area contributed by atoms with Crippen molar-refractivity contribution in [3.63, 3.8) is 0 Å². The van der Waals surface area contributed by atoms with Crippen LogP contribution in [-0.4, -0.2) is 48.2 Å². The van der Waals surface area contributed by atoms with Gasteiger partial charge in [0.15, 0.2) is 5.60 Å². The maximum atomic E-state index is 13.5. The van der Waals surface area contributed by atoms with Gasteiger partial charge in [-0.25, -0.2) is 4.18 Å². The summed E-state index contributed by atoms with van der Waals surface area (Å²) >= 11 is 27.2. The van der Waals surface area contributed by atoms with Gasteiger partial charge in [0.1, 0.15) is 16.4 Å². The fraction of sp³-hybridized carbons (Fsp3) is 0.0526. The van der Waals surface area contributed by atoms with E-state index in [2.05, 4.69) is 127 Å². The first-order valence-corrected chi connectivity index (χ1v) is 16.2. The van der Waals surface area contributed by atoms with E-state index in [0.717, 1.165) is 0 Å². The molecule has 0 saturated carbocycles. The van der Waals surface area contributed by atoms with Crippen molar-refractivity contribution in [3.8, 4) is 11.5 Å². The molecule has 0 aromatic heterocycles. The number of aromatic hydroxyl groups is 2. The topological polar surface area (TPSA) is 83.8 Å². The van der Waals surface area contributed by atoms with Crippen molar-refractivity contribution in [2.75, 3.05) is 0 Å². The minimum Gasteiger partial charge on any atom is -0.506 e. The summed E-state index contributed by atoms with van der Waals surface area (Å²) in [6, 6.07) is 6.32. The van der Waals surface area contributed by atoms with Gasteiger partial charge in [0.25, 0.3) is 10.1 Å². The Balaban J connectivity index is 0.00000324. The quantitative estimate of drug-likeness (QED) is 0.116. The van der Waals surface area contributed by atoms with Crippen LogP contribution >= 0.6 is 127 Å². The first-order chi connectivity index (χ1) is 15.2. The van der Waals surface area contributed by atoms with E-state index < -0.39 is 15.7 Å². The van der Waals surface area contributed by atoms with Crippen molar-refractivity contribution >= 4 is 167 Å². The van der Waals surface area contributed by atoms with E-state index in [1.807, 2.05) is 0 Å². The average molecular weight is 1010 g/mol. The van der Waals surface area contributed by atoms with Crippen LogP contribution in [0, 0.1) is 0 Å². The van der Waals surface area contributed by atoms with Crippen molar-refractivity contribution in [2.45, 2.75) is 10.5 Å². The van der Waals surface area contributed by atoms with Gasteiger partial charge in [0.2, 0.25) is 0 Å². The smallest absolute Gasteiger partial charge is 0.300 e. The third kappa shape index (κ3) is 4.78. The molecule has 0 fully saturated rings. The molecule has 175 valence electrons. The second-order valence-corrected chi connectivity index (χ2v) is 14.8. The van der Waals surface area contributed by atoms with Crippen LogP contribution in [0.2, 0.25) is 0 Å². The number of halogens is 8. The monoisotopic (exact) mass is 1000 g/mol. The third-order valence-corrected chi connectivity index (χ3v) is 13.7. The van der Waals surface area contributed by atoms with Crippen LogP contribution < -0.4 is 0 Å². The predicted octanol–water partition coefficient (Wildman–Crippen LogP) is 8.83. The molecule has 0 atom stereocenters. The number of phenols is 2. The molecule has 3 aromatic carbocycles. The number of benzene rings is 3. The molecule has 0 aliphatic carbocycles. The summed E-state index contributed by atoms with van der Waals surface area (Å²) in [6.07, 6.45) is 0. The van der Waals surface area contributed by atoms with Crippen LogP contribution in [0.1, 0.15) is 16.7 Å². The molecule has 1 aliphatic rings. The molecule has 0 bridgehead atoms. The first-order valence-electron chi connectivity index (χ1n) is 8.43. The van der Waals surface area contributed by atoms with Gasteiger partial charge in [-0.2, -0.15) is 8.42 Å². The molecular weight excluding hydrogens is 1000 g/mol. The maximum absolute atomic E-state index is 13.5. The van der Waals surface area contributed by atoms with E-state index in [0.29, 0.717) is 48.0 Å². The van der Waals surface area contributed by atoms with E-state index in [-0.39, 0.29) is 50.4 Å². The Kier molecular flexibility index (Phi) is 9.78. The van der Waals surface area contributed by atoms with Gasteiger partial charge in [-0.05, 0) is 163 Å². The normalized spacial score (nSPS) is 15.6. The molecular formula is C19H6Br8NaO5S. The Labute approximate surface area is 284 Å². The molecule has 0 amide bonds. The van der Waals surface area contributed by atoms with Crippen molar-refractivity contribution in [3.05, 3.63) is 76.7 Å². The molecule has 3 aromatic rings. The zero-order valence-electron chi connectivity index (χ0n) is 16.4. The molecule has 0 spiro atoms. The molecule has 5 nitrogen and oxygen atoms in total. The Bertz CT molecular complexity index is 1370. The summed E-state index contributed by atoms with van der Waals surface area (Å²) < 4.78 is 36.0. The number of hydrogen-bond acceptors (Lipinski definition) is 5. The second-order valence-electron chi connectivity index (χ2n) is 6.76. The Morgan fingerprint density at radius 1 is 0.647 bits per heavy atom. The fourth-order valence-corrected chi connectivity index (χ4v) is 10.6. The summed E-state index contributed by atoms with van der Waals surface area (Å²) in [6.45, 7) is 0. The summed E-state index contributed by atoms with van der Waals surface area (Å²) in [7, 11) is -4.29. The fourth-order valence-electron chi connectivity index (χ4n) is 3.50. The van der Waals surface area contributed by atoms with E-state index in [1.165, 1.54) is 0 Å². The van der Waals surface area contributed by atoms with Crippen LogP contribution in [0.15, 0.2) is 64.9 Å². The van der Waals surface area contributed by atoms with Crippen molar-refractivity contribution in [2.24, 2.45) is 0 Å². The second kappa shape index (κ2) is 10.9. The van der Waals surface area contributed by atoms with Crippen molar-refractivity contribution < 1.29 is 22.8 Å². The molecule has 2 N–H and O–H groups in total. The SMILES string of the molecule is O=S1(=O)OC(c2cc(Br)c(O)c(Br)c2)(c2cc(Br)c(O)c(Br)c2)c2c(Br)c(Br)c(Br)c(Br)c21.[Na]. The third-order valence-electron chi connectivity index (χ3n) is 4.91. The van der Waals surface area contributed by atoms with Gasteiger partial charge in [-0.3, -0.25) is 0 Å².